The van der Waals surface area contributed by atoms with Crippen molar-refractivity contribution in [3.63, 3.8) is 0 Å². The summed E-state index contributed by atoms with van der Waals surface area (Å²) < 4.78 is 66.4. The number of carbonyl (C=O) groups excluding carboxylic acids is 2. The average molecular weight is 362 g/mol. The van der Waals surface area contributed by atoms with Crippen molar-refractivity contribution in [3.8, 4) is 0 Å². The molecule has 1 aliphatic heterocycles. The van der Waals surface area contributed by atoms with E-state index in [0.29, 0.717) is 19.4 Å². The molecule has 0 aromatic heterocycles. The maximum absolute atomic E-state index is 13.6. The van der Waals surface area contributed by atoms with Gasteiger partial charge in [0.2, 0.25) is 17.6 Å². The lowest BCUT2D eigenvalue weighted by molar-refractivity contribution is -0.132. The van der Waals surface area contributed by atoms with Gasteiger partial charge in [-0.2, -0.15) is 0 Å². The molecule has 1 saturated heterocycles. The second-order valence-corrected chi connectivity index (χ2v) is 5.59. The maximum Gasteiger partial charge on any atom is 0.245 e. The lowest BCUT2D eigenvalue weighted by atomic mass is 9.97. The highest BCUT2D eigenvalue weighted by Gasteiger charge is 2.29. The molecule has 9 heteroatoms. The van der Waals surface area contributed by atoms with Crippen LogP contribution in [0.3, 0.4) is 0 Å². The quantitative estimate of drug-likeness (QED) is 0.387. The number of benzene rings is 1. The summed E-state index contributed by atoms with van der Waals surface area (Å²) in [7, 11) is 0. The summed E-state index contributed by atoms with van der Waals surface area (Å²) in [6.45, 7) is 3.04. The van der Waals surface area contributed by atoms with E-state index in [2.05, 4.69) is 11.9 Å². The Morgan fingerprint density at radius 1 is 1.08 bits per heavy atom. The van der Waals surface area contributed by atoms with Crippen LogP contribution in [0.5, 0.6) is 0 Å². The molecule has 0 bridgehead atoms. The molecule has 1 fully saturated rings. The van der Waals surface area contributed by atoms with E-state index in [4.69, 9.17) is 0 Å². The third-order valence-electron chi connectivity index (χ3n) is 4.02. The second-order valence-electron chi connectivity index (χ2n) is 5.59. The molecule has 1 aliphatic rings. The fourth-order valence-electron chi connectivity index (χ4n) is 2.65. The van der Waals surface area contributed by atoms with E-state index >= 15 is 0 Å². The van der Waals surface area contributed by atoms with Crippen LogP contribution in [0.4, 0.5) is 22.0 Å². The van der Waals surface area contributed by atoms with Gasteiger partial charge in [0.25, 0.3) is 0 Å². The van der Waals surface area contributed by atoms with Crippen LogP contribution < -0.4 is 5.32 Å². The predicted octanol–water partition coefficient (Wildman–Crippen LogP) is 2.42. The number of piperidine rings is 1. The highest BCUT2D eigenvalue weighted by Crippen LogP contribution is 2.23. The SMILES string of the molecule is C=CC(=O)N1CCCC(C(=O)NCc2c(F)c(F)c(F)c(F)c2F)C1. The van der Waals surface area contributed by atoms with Crippen molar-refractivity contribution in [2.45, 2.75) is 19.4 Å². The maximum atomic E-state index is 13.6. The molecule has 0 saturated carbocycles. The molecule has 1 atom stereocenters. The van der Waals surface area contributed by atoms with E-state index in [-0.39, 0.29) is 12.5 Å². The molecule has 1 heterocycles. The van der Waals surface area contributed by atoms with E-state index < -0.39 is 53.0 Å². The van der Waals surface area contributed by atoms with Crippen LogP contribution in [0.25, 0.3) is 0 Å². The Kier molecular flexibility index (Phi) is 5.76. The van der Waals surface area contributed by atoms with Gasteiger partial charge in [-0.15, -0.1) is 0 Å². The smallest absolute Gasteiger partial charge is 0.245 e. The number of nitrogens with zero attached hydrogens (tertiary/aromatic N) is 1. The van der Waals surface area contributed by atoms with E-state index in [1.807, 2.05) is 0 Å². The zero-order valence-electron chi connectivity index (χ0n) is 13.1. The minimum Gasteiger partial charge on any atom is -0.352 e. The Morgan fingerprint density at radius 3 is 2.20 bits per heavy atom. The van der Waals surface area contributed by atoms with E-state index in [1.165, 1.54) is 4.90 Å². The Morgan fingerprint density at radius 2 is 1.64 bits per heavy atom. The van der Waals surface area contributed by atoms with Gasteiger partial charge >= 0.3 is 0 Å². The van der Waals surface area contributed by atoms with Gasteiger partial charge in [-0.1, -0.05) is 6.58 Å². The van der Waals surface area contributed by atoms with Crippen molar-refractivity contribution < 1.29 is 31.5 Å². The fourth-order valence-corrected chi connectivity index (χ4v) is 2.65. The Hall–Kier alpha value is -2.45. The second kappa shape index (κ2) is 7.62. The minimum absolute atomic E-state index is 0.0911. The average Bonchev–Trinajstić information content (AvgIpc) is 2.63. The summed E-state index contributed by atoms with van der Waals surface area (Å²) in [6.07, 6.45) is 2.08. The molecular formula is C16H15F5N2O2. The molecule has 2 amide bonds. The topological polar surface area (TPSA) is 49.4 Å². The molecular weight excluding hydrogens is 347 g/mol. The summed E-state index contributed by atoms with van der Waals surface area (Å²) in [5.74, 6) is -12.0. The van der Waals surface area contributed by atoms with Crippen LogP contribution in [0.2, 0.25) is 0 Å². The molecule has 0 spiro atoms. The van der Waals surface area contributed by atoms with Crippen molar-refractivity contribution in [2.75, 3.05) is 13.1 Å². The van der Waals surface area contributed by atoms with Crippen molar-refractivity contribution >= 4 is 11.8 Å². The Balaban J connectivity index is 2.08. The third-order valence-corrected chi connectivity index (χ3v) is 4.02. The van der Waals surface area contributed by atoms with Crippen LogP contribution in [0.15, 0.2) is 12.7 Å². The van der Waals surface area contributed by atoms with Gasteiger partial charge in [0.15, 0.2) is 23.3 Å². The number of hydrogen-bond donors (Lipinski definition) is 1. The van der Waals surface area contributed by atoms with Gasteiger partial charge in [0.1, 0.15) is 0 Å². The largest absolute Gasteiger partial charge is 0.352 e. The molecule has 136 valence electrons. The lowest BCUT2D eigenvalue weighted by Crippen LogP contribution is -2.44. The first kappa shape index (κ1) is 18.9. The number of hydrogen-bond acceptors (Lipinski definition) is 2. The highest BCUT2D eigenvalue weighted by atomic mass is 19.2. The molecule has 2 rings (SSSR count). The predicted molar refractivity (Wildman–Crippen MR) is 77.6 cm³/mol. The van der Waals surface area contributed by atoms with Gasteiger partial charge in [-0.05, 0) is 18.9 Å². The third kappa shape index (κ3) is 3.80. The van der Waals surface area contributed by atoms with Gasteiger partial charge in [0.05, 0.1) is 5.92 Å². The first-order valence-electron chi connectivity index (χ1n) is 7.47. The molecule has 1 unspecified atom stereocenters. The first-order chi connectivity index (χ1) is 11.8. The Labute approximate surface area is 140 Å². The van der Waals surface area contributed by atoms with E-state index in [1.54, 1.807) is 0 Å². The number of nitrogens with one attached hydrogen (secondary N) is 1. The number of carbonyl (C=O) groups is 2. The molecule has 1 N–H and O–H groups in total. The van der Waals surface area contributed by atoms with Crippen molar-refractivity contribution in [1.29, 1.82) is 0 Å². The van der Waals surface area contributed by atoms with Crippen LogP contribution in [-0.4, -0.2) is 29.8 Å². The normalized spacial score (nSPS) is 17.3. The minimum atomic E-state index is -2.25. The summed E-state index contributed by atoms with van der Waals surface area (Å²) in [4.78, 5) is 25.1. The lowest BCUT2D eigenvalue weighted by Gasteiger charge is -2.31. The summed E-state index contributed by atoms with van der Waals surface area (Å²) >= 11 is 0. The number of rotatable bonds is 4. The molecule has 1 aromatic rings. The highest BCUT2D eigenvalue weighted by molar-refractivity contribution is 5.88. The fraction of sp³-hybridized carbons (Fsp3) is 0.375. The molecule has 4 nitrogen and oxygen atoms in total. The van der Waals surface area contributed by atoms with Gasteiger partial charge in [-0.25, -0.2) is 22.0 Å². The van der Waals surface area contributed by atoms with Crippen molar-refractivity contribution in [1.82, 2.24) is 10.2 Å². The zero-order valence-corrected chi connectivity index (χ0v) is 13.1. The Bertz CT molecular complexity index is 694. The first-order valence-corrected chi connectivity index (χ1v) is 7.47. The summed E-state index contributed by atoms with van der Waals surface area (Å²) in [5, 5.41) is 2.16. The zero-order chi connectivity index (χ0) is 18.7. The van der Waals surface area contributed by atoms with Gasteiger partial charge < -0.3 is 10.2 Å². The molecule has 0 radical (unpaired) electrons. The van der Waals surface area contributed by atoms with Crippen LogP contribution >= 0.6 is 0 Å². The van der Waals surface area contributed by atoms with Crippen molar-refractivity contribution in [3.05, 3.63) is 47.3 Å². The summed E-state index contributed by atoms with van der Waals surface area (Å²) in [6, 6.07) is 0. The van der Waals surface area contributed by atoms with Crippen LogP contribution in [0.1, 0.15) is 18.4 Å². The molecule has 0 aliphatic carbocycles. The van der Waals surface area contributed by atoms with Crippen LogP contribution in [0, 0.1) is 35.0 Å². The summed E-state index contributed by atoms with van der Waals surface area (Å²) in [5.41, 5.74) is -1.11. The molecule has 1 aromatic carbocycles. The van der Waals surface area contributed by atoms with Crippen molar-refractivity contribution in [2.24, 2.45) is 5.92 Å². The van der Waals surface area contributed by atoms with Gasteiger partial charge in [0, 0.05) is 25.2 Å². The van der Waals surface area contributed by atoms with E-state index in [9.17, 15) is 31.5 Å². The number of halogens is 5. The standard InChI is InChI=1S/C16H15F5N2O2/c1-2-10(24)23-5-3-4-8(7-23)16(25)22-6-9-11(17)13(19)15(21)14(20)12(9)18/h2,8H,1,3-7H2,(H,22,25). The monoisotopic (exact) mass is 362 g/mol. The number of amides is 2. The number of likely N-dealkylation sites (tertiary alicyclic amines) is 1. The molecule has 25 heavy (non-hydrogen) atoms. The van der Waals surface area contributed by atoms with E-state index in [0.717, 1.165) is 6.08 Å². The van der Waals surface area contributed by atoms with Crippen LogP contribution in [-0.2, 0) is 16.1 Å². The van der Waals surface area contributed by atoms with Gasteiger partial charge in [-0.3, -0.25) is 9.59 Å².